The summed E-state index contributed by atoms with van der Waals surface area (Å²) in [7, 11) is 0. The Balaban J connectivity index is 1.13. The second kappa shape index (κ2) is 13.2. The van der Waals surface area contributed by atoms with Gasteiger partial charge in [0.2, 0.25) is 0 Å². The fourth-order valence-corrected chi connectivity index (χ4v) is 9.99. The predicted molar refractivity (Wildman–Crippen MR) is 246 cm³/mol. The van der Waals surface area contributed by atoms with Gasteiger partial charge < -0.3 is 9.32 Å². The van der Waals surface area contributed by atoms with E-state index in [1.807, 2.05) is 0 Å². The highest BCUT2D eigenvalue weighted by Gasteiger charge is 2.46. The Morgan fingerprint density at radius 2 is 0.966 bits per heavy atom. The van der Waals surface area contributed by atoms with E-state index in [-0.39, 0.29) is 0 Å². The maximum absolute atomic E-state index is 6.78. The van der Waals surface area contributed by atoms with E-state index in [0.29, 0.717) is 0 Å². The molecule has 0 amide bonds. The van der Waals surface area contributed by atoms with Crippen LogP contribution in [0, 0.1) is 0 Å². The van der Waals surface area contributed by atoms with E-state index in [1.54, 1.807) is 0 Å². The smallest absolute Gasteiger partial charge is 0.143 e. The molecule has 2 nitrogen and oxygen atoms in total. The van der Waals surface area contributed by atoms with E-state index >= 15 is 0 Å². The number of fused-ring (bicyclic) bond motifs is 9. The highest BCUT2D eigenvalue weighted by Crippen LogP contribution is 2.57. The standard InChI is InChI=1S/C57H37NO/c1-3-18-41(19-4-1)57(42-20-5-2-6-21-42)51-26-12-11-24-48(51)49-36-34-44(37-52(49)57)58(43-32-29-40(30-33-43)46-25-13-17-38-15-7-9-22-45(38)46)53-27-14-28-54-55(53)50-35-31-39-16-8-10-23-47(39)56(50)59-54/h1-37H. The molecule has 0 bridgehead atoms. The van der Waals surface area contributed by atoms with Gasteiger partial charge in [-0.2, -0.15) is 0 Å². The Morgan fingerprint density at radius 1 is 0.373 bits per heavy atom. The molecule has 0 N–H and O–H groups in total. The van der Waals surface area contributed by atoms with E-state index in [1.165, 1.54) is 55.3 Å². The Bertz CT molecular complexity index is 3340. The molecule has 0 atom stereocenters. The zero-order valence-corrected chi connectivity index (χ0v) is 32.2. The van der Waals surface area contributed by atoms with Crippen molar-refractivity contribution < 1.29 is 4.42 Å². The van der Waals surface area contributed by atoms with Gasteiger partial charge >= 0.3 is 0 Å². The molecule has 1 aliphatic rings. The topological polar surface area (TPSA) is 16.4 Å². The van der Waals surface area contributed by atoms with Crippen molar-refractivity contribution in [2.24, 2.45) is 0 Å². The molecular formula is C57H37NO. The van der Waals surface area contributed by atoms with Crippen LogP contribution in [-0.4, -0.2) is 0 Å². The summed E-state index contributed by atoms with van der Waals surface area (Å²) >= 11 is 0. The molecule has 10 aromatic carbocycles. The van der Waals surface area contributed by atoms with Crippen molar-refractivity contribution in [3.05, 3.63) is 247 Å². The van der Waals surface area contributed by atoms with Crippen LogP contribution < -0.4 is 4.90 Å². The number of rotatable bonds is 6. The van der Waals surface area contributed by atoms with Crippen LogP contribution in [0.15, 0.2) is 229 Å². The first kappa shape index (κ1) is 33.5. The Kier molecular flexibility index (Phi) is 7.48. The summed E-state index contributed by atoms with van der Waals surface area (Å²) < 4.78 is 6.78. The van der Waals surface area contributed by atoms with Crippen molar-refractivity contribution in [3.63, 3.8) is 0 Å². The van der Waals surface area contributed by atoms with E-state index in [0.717, 1.165) is 49.8 Å². The average Bonchev–Trinajstić information content (AvgIpc) is 3.84. The van der Waals surface area contributed by atoms with Crippen LogP contribution in [0.5, 0.6) is 0 Å². The molecule has 59 heavy (non-hydrogen) atoms. The van der Waals surface area contributed by atoms with Gasteiger partial charge in [-0.25, -0.2) is 0 Å². The average molecular weight is 752 g/mol. The minimum Gasteiger partial charge on any atom is -0.455 e. The molecule has 0 aliphatic heterocycles. The molecule has 0 saturated heterocycles. The molecule has 1 aliphatic carbocycles. The predicted octanol–water partition coefficient (Wildman–Crippen LogP) is 15.4. The molecule has 12 rings (SSSR count). The van der Waals surface area contributed by atoms with Gasteiger partial charge in [-0.05, 0) is 103 Å². The summed E-state index contributed by atoms with van der Waals surface area (Å²) in [5, 5.41) is 6.96. The summed E-state index contributed by atoms with van der Waals surface area (Å²) in [5.41, 5.74) is 14.4. The SMILES string of the molecule is c1ccc(C2(c3ccccc3)c3ccccc3-c3ccc(N(c4ccc(-c5cccc6ccccc56)cc4)c4cccc5oc6c7ccccc7ccc6c45)cc32)cc1. The second-order valence-corrected chi connectivity index (χ2v) is 15.6. The summed E-state index contributed by atoms with van der Waals surface area (Å²) in [5.74, 6) is 0. The van der Waals surface area contributed by atoms with Gasteiger partial charge in [-0.15, -0.1) is 0 Å². The van der Waals surface area contributed by atoms with Crippen molar-refractivity contribution in [2.45, 2.75) is 5.41 Å². The maximum atomic E-state index is 6.78. The molecule has 0 saturated carbocycles. The van der Waals surface area contributed by atoms with Gasteiger partial charge in [0, 0.05) is 22.1 Å². The first-order valence-corrected chi connectivity index (χ1v) is 20.3. The number of benzene rings is 10. The molecule has 1 aromatic heterocycles. The Hall–Kier alpha value is -7.68. The minimum atomic E-state index is -0.526. The summed E-state index contributed by atoms with van der Waals surface area (Å²) in [6.07, 6.45) is 0. The van der Waals surface area contributed by atoms with Gasteiger partial charge in [0.15, 0.2) is 0 Å². The second-order valence-electron chi connectivity index (χ2n) is 15.6. The monoisotopic (exact) mass is 751 g/mol. The summed E-state index contributed by atoms with van der Waals surface area (Å²) in [6.45, 7) is 0. The molecule has 2 heteroatoms. The minimum absolute atomic E-state index is 0.526. The van der Waals surface area contributed by atoms with Gasteiger partial charge in [0.25, 0.3) is 0 Å². The van der Waals surface area contributed by atoms with Gasteiger partial charge in [0.05, 0.1) is 16.5 Å². The number of hydrogen-bond acceptors (Lipinski definition) is 2. The third kappa shape index (κ3) is 5.00. The van der Waals surface area contributed by atoms with E-state index in [2.05, 4.69) is 229 Å². The number of anilines is 3. The van der Waals surface area contributed by atoms with Crippen LogP contribution in [0.3, 0.4) is 0 Å². The van der Waals surface area contributed by atoms with Crippen LogP contribution in [0.1, 0.15) is 22.3 Å². The van der Waals surface area contributed by atoms with E-state index in [9.17, 15) is 0 Å². The third-order valence-electron chi connectivity index (χ3n) is 12.5. The van der Waals surface area contributed by atoms with Crippen molar-refractivity contribution in [1.82, 2.24) is 0 Å². The normalized spacial score (nSPS) is 12.9. The van der Waals surface area contributed by atoms with Gasteiger partial charge in [0.1, 0.15) is 11.2 Å². The number of nitrogens with zero attached hydrogens (tertiary/aromatic N) is 1. The fourth-order valence-electron chi connectivity index (χ4n) is 9.99. The fraction of sp³-hybridized carbons (Fsp3) is 0.0175. The van der Waals surface area contributed by atoms with E-state index in [4.69, 9.17) is 4.42 Å². The number of hydrogen-bond donors (Lipinski definition) is 0. The first-order valence-electron chi connectivity index (χ1n) is 20.3. The lowest BCUT2D eigenvalue weighted by atomic mass is 9.67. The largest absolute Gasteiger partial charge is 0.455 e. The lowest BCUT2D eigenvalue weighted by Gasteiger charge is -2.35. The molecule has 0 spiro atoms. The first-order chi connectivity index (χ1) is 29.3. The zero-order chi connectivity index (χ0) is 38.9. The van der Waals surface area contributed by atoms with Crippen LogP contribution in [0.4, 0.5) is 17.1 Å². The maximum Gasteiger partial charge on any atom is 0.143 e. The van der Waals surface area contributed by atoms with Gasteiger partial charge in [-0.3, -0.25) is 0 Å². The molecule has 276 valence electrons. The van der Waals surface area contributed by atoms with Crippen molar-refractivity contribution in [1.29, 1.82) is 0 Å². The van der Waals surface area contributed by atoms with Crippen LogP contribution in [0.25, 0.3) is 65.7 Å². The van der Waals surface area contributed by atoms with Crippen molar-refractivity contribution in [3.8, 4) is 22.3 Å². The van der Waals surface area contributed by atoms with Crippen LogP contribution >= 0.6 is 0 Å². The molecule has 11 aromatic rings. The zero-order valence-electron chi connectivity index (χ0n) is 32.2. The molecule has 0 unspecified atom stereocenters. The molecule has 0 fully saturated rings. The summed E-state index contributed by atoms with van der Waals surface area (Å²) in [6, 6.07) is 81.8. The van der Waals surface area contributed by atoms with E-state index < -0.39 is 5.41 Å². The lowest BCUT2D eigenvalue weighted by Crippen LogP contribution is -2.28. The van der Waals surface area contributed by atoms with Crippen molar-refractivity contribution >= 4 is 60.5 Å². The van der Waals surface area contributed by atoms with Crippen LogP contribution in [-0.2, 0) is 5.41 Å². The Morgan fingerprint density at radius 3 is 1.75 bits per heavy atom. The summed E-state index contributed by atoms with van der Waals surface area (Å²) in [4.78, 5) is 2.43. The lowest BCUT2D eigenvalue weighted by molar-refractivity contribution is 0.672. The Labute approximate surface area is 342 Å². The molecule has 1 heterocycles. The molecule has 0 radical (unpaired) electrons. The van der Waals surface area contributed by atoms with Crippen LogP contribution in [0.2, 0.25) is 0 Å². The highest BCUT2D eigenvalue weighted by molar-refractivity contribution is 6.19. The van der Waals surface area contributed by atoms with Gasteiger partial charge in [-0.1, -0.05) is 182 Å². The molecular weight excluding hydrogens is 715 g/mol. The quantitative estimate of drug-likeness (QED) is 0.168. The number of furan rings is 1. The highest BCUT2D eigenvalue weighted by atomic mass is 16.3. The third-order valence-corrected chi connectivity index (χ3v) is 12.5. The van der Waals surface area contributed by atoms with Crippen molar-refractivity contribution in [2.75, 3.05) is 4.90 Å².